The molecule has 0 saturated heterocycles. The van der Waals surface area contributed by atoms with E-state index in [0.717, 1.165) is 49.8 Å². The lowest BCUT2D eigenvalue weighted by Crippen LogP contribution is -2.41. The largest absolute Gasteiger partial charge is 0.461 e. The van der Waals surface area contributed by atoms with Crippen molar-refractivity contribution in [2.45, 2.75) is 56.7 Å². The molecule has 7 nitrogen and oxygen atoms in total. The highest BCUT2D eigenvalue weighted by molar-refractivity contribution is 5.90. The van der Waals surface area contributed by atoms with Gasteiger partial charge in [-0.15, -0.1) is 0 Å². The summed E-state index contributed by atoms with van der Waals surface area (Å²) in [6, 6.07) is 3.66. The Morgan fingerprint density at radius 1 is 1.32 bits per heavy atom. The van der Waals surface area contributed by atoms with Gasteiger partial charge in [0.05, 0.1) is 5.69 Å². The number of nitrogens with zero attached hydrogens (tertiary/aromatic N) is 1. The molecule has 2 aliphatic carbocycles. The molecule has 0 atom stereocenters. The first kappa shape index (κ1) is 17.6. The Labute approximate surface area is 146 Å². The van der Waals surface area contributed by atoms with Gasteiger partial charge in [0.25, 0.3) is 5.91 Å². The molecule has 0 aromatic carbocycles. The summed E-state index contributed by atoms with van der Waals surface area (Å²) in [5.74, 6) is -0.726. The number of rotatable bonds is 7. The fourth-order valence-electron chi connectivity index (χ4n) is 2.96. The van der Waals surface area contributed by atoms with Crippen molar-refractivity contribution in [2.24, 2.45) is 0 Å². The second-order valence-corrected chi connectivity index (χ2v) is 6.64. The summed E-state index contributed by atoms with van der Waals surface area (Å²) in [5, 5.41) is 11.7. The minimum atomic E-state index is -0.595. The third-order valence-electron chi connectivity index (χ3n) is 4.71. The number of amides is 1. The first-order valence-corrected chi connectivity index (χ1v) is 8.64. The lowest BCUT2D eigenvalue weighted by Gasteiger charge is -2.19. The molecule has 1 aromatic rings. The van der Waals surface area contributed by atoms with Gasteiger partial charge in [-0.1, -0.05) is 6.07 Å². The number of carbonyl (C=O) groups is 2. The molecule has 1 heterocycles. The molecule has 0 aliphatic heterocycles. The number of hydrogen-bond acceptors (Lipinski definition) is 6. The van der Waals surface area contributed by atoms with Crippen molar-refractivity contribution in [3.63, 3.8) is 0 Å². The van der Waals surface area contributed by atoms with Crippen molar-refractivity contribution in [3.8, 4) is 0 Å². The van der Waals surface area contributed by atoms with E-state index in [1.165, 1.54) is 11.6 Å². The van der Waals surface area contributed by atoms with Gasteiger partial charge in [0.1, 0.15) is 11.6 Å². The maximum absolute atomic E-state index is 12.4. The highest BCUT2D eigenvalue weighted by Crippen LogP contribution is 2.38. The molecule has 1 aromatic heterocycles. The molecule has 134 valence electrons. The third-order valence-corrected chi connectivity index (χ3v) is 4.71. The van der Waals surface area contributed by atoms with Crippen LogP contribution in [0.15, 0.2) is 24.4 Å². The maximum atomic E-state index is 12.4. The van der Waals surface area contributed by atoms with E-state index in [1.807, 2.05) is 12.1 Å². The second-order valence-electron chi connectivity index (χ2n) is 6.64. The van der Waals surface area contributed by atoms with Gasteiger partial charge < -0.3 is 4.74 Å². The number of aromatic nitrogens is 1. The maximum Gasteiger partial charge on any atom is 0.326 e. The van der Waals surface area contributed by atoms with Crippen LogP contribution in [0.1, 0.15) is 49.8 Å². The zero-order valence-electron chi connectivity index (χ0n) is 14.0. The van der Waals surface area contributed by atoms with Crippen LogP contribution in [0.2, 0.25) is 0 Å². The van der Waals surface area contributed by atoms with E-state index < -0.39 is 11.4 Å². The number of esters is 1. The normalized spacial score (nSPS) is 19.1. The molecule has 0 unspecified atom stereocenters. The minimum Gasteiger partial charge on any atom is -0.461 e. The summed E-state index contributed by atoms with van der Waals surface area (Å²) >= 11 is 0. The summed E-state index contributed by atoms with van der Waals surface area (Å²) in [4.78, 5) is 27.6. The zero-order valence-corrected chi connectivity index (χ0v) is 14.0. The zero-order chi connectivity index (χ0) is 17.7. The number of carbonyl (C=O) groups excluding carboxylic acids is 2. The van der Waals surface area contributed by atoms with E-state index >= 15 is 0 Å². The number of pyridine rings is 1. The predicted octanol–water partition coefficient (Wildman–Crippen LogP) is 1.71. The minimum absolute atomic E-state index is 0.0899. The lowest BCUT2D eigenvalue weighted by molar-refractivity contribution is -0.152. The van der Waals surface area contributed by atoms with Crippen molar-refractivity contribution in [1.29, 1.82) is 0 Å². The van der Waals surface area contributed by atoms with Crippen molar-refractivity contribution >= 4 is 18.0 Å². The van der Waals surface area contributed by atoms with Crippen molar-refractivity contribution < 1.29 is 19.5 Å². The van der Waals surface area contributed by atoms with Gasteiger partial charge in [0.15, 0.2) is 0 Å². The predicted molar refractivity (Wildman–Crippen MR) is 90.4 cm³/mol. The van der Waals surface area contributed by atoms with Crippen molar-refractivity contribution in [1.82, 2.24) is 15.8 Å². The highest BCUT2D eigenvalue weighted by Gasteiger charge is 2.51. The van der Waals surface area contributed by atoms with Gasteiger partial charge in [-0.2, -0.15) is 0 Å². The summed E-state index contributed by atoms with van der Waals surface area (Å²) in [6.45, 7) is 0.487. The molecule has 0 spiro atoms. The van der Waals surface area contributed by atoms with Crippen LogP contribution in [-0.2, 0) is 20.9 Å². The Bertz CT molecular complexity index is 647. The van der Waals surface area contributed by atoms with Crippen LogP contribution in [0.4, 0.5) is 0 Å². The Morgan fingerprint density at radius 3 is 2.68 bits per heavy atom. The van der Waals surface area contributed by atoms with Crippen LogP contribution in [-0.4, -0.2) is 33.7 Å². The average Bonchev–Trinajstić information content (AvgIpc) is 3.27. The first-order valence-electron chi connectivity index (χ1n) is 8.64. The third kappa shape index (κ3) is 4.64. The average molecular weight is 345 g/mol. The van der Waals surface area contributed by atoms with E-state index in [1.54, 1.807) is 12.3 Å². The number of ether oxygens (including phenoxy) is 1. The summed E-state index contributed by atoms with van der Waals surface area (Å²) in [7, 11) is 0. The molecular formula is C18H23N3O4. The molecular weight excluding hydrogens is 322 g/mol. The number of hydrogen-bond donors (Lipinski definition) is 3. The van der Waals surface area contributed by atoms with Crippen molar-refractivity contribution in [3.05, 3.63) is 35.7 Å². The Morgan fingerprint density at radius 2 is 2.08 bits per heavy atom. The standard InChI is InChI=1S/C18H23N3O4/c22-16(21-24)8-6-13-5-7-14(19-11-13)12-20-18(9-10-18)17(23)25-15-3-1-2-4-15/h5-8,11,15,20,24H,1-4,9-10,12H2,(H,21,22). The fraction of sp³-hybridized carbons (Fsp3) is 0.500. The molecule has 0 radical (unpaired) electrons. The Hall–Kier alpha value is -2.25. The SMILES string of the molecule is O=C(C=Cc1ccc(CNC2(C(=O)OC3CCCC3)CC2)nc1)NO. The molecule has 2 aliphatic rings. The quantitative estimate of drug-likeness (QED) is 0.301. The van der Waals surface area contributed by atoms with E-state index in [9.17, 15) is 9.59 Å². The fourth-order valence-corrected chi connectivity index (χ4v) is 2.96. The van der Waals surface area contributed by atoms with Gasteiger partial charge in [-0.05, 0) is 56.2 Å². The van der Waals surface area contributed by atoms with Gasteiger partial charge >= 0.3 is 5.97 Å². The molecule has 7 heteroatoms. The number of nitrogens with one attached hydrogen (secondary N) is 2. The van der Waals surface area contributed by atoms with Crippen LogP contribution in [0, 0.1) is 0 Å². The molecule has 2 saturated carbocycles. The van der Waals surface area contributed by atoms with Gasteiger partial charge in [-0.3, -0.25) is 25.1 Å². The van der Waals surface area contributed by atoms with Gasteiger partial charge in [0.2, 0.25) is 0 Å². The second kappa shape index (κ2) is 7.76. The van der Waals surface area contributed by atoms with E-state index in [2.05, 4.69) is 10.3 Å². The molecule has 3 rings (SSSR count). The van der Waals surface area contributed by atoms with E-state index in [0.29, 0.717) is 6.54 Å². The lowest BCUT2D eigenvalue weighted by atomic mass is 10.2. The van der Waals surface area contributed by atoms with E-state index in [4.69, 9.17) is 9.94 Å². The molecule has 25 heavy (non-hydrogen) atoms. The highest BCUT2D eigenvalue weighted by atomic mass is 16.5. The van der Waals surface area contributed by atoms with Crippen LogP contribution < -0.4 is 10.8 Å². The number of hydroxylamine groups is 1. The van der Waals surface area contributed by atoms with Crippen LogP contribution in [0.3, 0.4) is 0 Å². The smallest absolute Gasteiger partial charge is 0.326 e. The van der Waals surface area contributed by atoms with Crippen LogP contribution in [0.25, 0.3) is 6.08 Å². The molecule has 1 amide bonds. The summed E-state index contributed by atoms with van der Waals surface area (Å²) in [5.41, 5.74) is 2.54. The summed E-state index contributed by atoms with van der Waals surface area (Å²) < 4.78 is 5.62. The topological polar surface area (TPSA) is 101 Å². The Kier molecular flexibility index (Phi) is 5.45. The van der Waals surface area contributed by atoms with Gasteiger partial charge in [-0.25, -0.2) is 5.48 Å². The summed E-state index contributed by atoms with van der Waals surface area (Å²) in [6.07, 6.45) is 10.3. The first-order chi connectivity index (χ1) is 12.1. The molecule has 0 bridgehead atoms. The van der Waals surface area contributed by atoms with Gasteiger partial charge in [0, 0.05) is 18.8 Å². The van der Waals surface area contributed by atoms with Crippen molar-refractivity contribution in [2.75, 3.05) is 0 Å². The molecule has 2 fully saturated rings. The van der Waals surface area contributed by atoms with Crippen LogP contribution >= 0.6 is 0 Å². The monoisotopic (exact) mass is 345 g/mol. The Balaban J connectivity index is 1.50. The van der Waals surface area contributed by atoms with Crippen LogP contribution in [0.5, 0.6) is 0 Å². The molecule has 3 N–H and O–H groups in total. The van der Waals surface area contributed by atoms with E-state index in [-0.39, 0.29) is 12.1 Å².